The van der Waals surface area contributed by atoms with Crippen molar-refractivity contribution in [1.82, 2.24) is 24.4 Å². The van der Waals surface area contributed by atoms with Crippen LogP contribution < -0.4 is 5.32 Å². The lowest BCUT2D eigenvalue weighted by Crippen LogP contribution is -2.21. The third-order valence-corrected chi connectivity index (χ3v) is 5.82. The highest BCUT2D eigenvalue weighted by molar-refractivity contribution is 6.31. The zero-order valence-electron chi connectivity index (χ0n) is 17.8. The molecule has 0 aromatic carbocycles. The van der Waals surface area contributed by atoms with Crippen LogP contribution in [0.5, 0.6) is 0 Å². The zero-order chi connectivity index (χ0) is 24.7. The van der Waals surface area contributed by atoms with E-state index in [1.807, 2.05) is 6.07 Å². The number of pyridine rings is 2. The minimum atomic E-state index is -4.92. The number of amides is 1. The molecule has 1 aliphatic rings. The standard InChI is InChI=1S/C22H15ClF3N7O2/c23-15-8-12(10-28-19(15)18-2-1-7-35-18)31-21(34)14-11-30-33(20(14)22(24,25)26)16-4-3-13(9-27)32-17(16)5-6-29-32/h3-6,8,10-11,18H,1-2,7H2,(H,31,34)/t18-/m1/s1. The molecule has 13 heteroatoms. The number of carbonyl (C=O) groups is 1. The molecule has 0 saturated carbocycles. The van der Waals surface area contributed by atoms with Gasteiger partial charge in [0.1, 0.15) is 17.9 Å². The summed E-state index contributed by atoms with van der Waals surface area (Å²) in [4.78, 5) is 17.1. The van der Waals surface area contributed by atoms with Crippen LogP contribution in [0.3, 0.4) is 0 Å². The molecule has 35 heavy (non-hydrogen) atoms. The molecule has 1 saturated heterocycles. The molecule has 1 fully saturated rings. The molecule has 1 N–H and O–H groups in total. The van der Waals surface area contributed by atoms with Gasteiger partial charge in [0.05, 0.1) is 51.8 Å². The van der Waals surface area contributed by atoms with Gasteiger partial charge in [-0.1, -0.05) is 11.6 Å². The Balaban J connectivity index is 1.51. The molecule has 5 rings (SSSR count). The summed E-state index contributed by atoms with van der Waals surface area (Å²) in [6, 6.07) is 7.41. The van der Waals surface area contributed by atoms with Gasteiger partial charge in [-0.3, -0.25) is 9.78 Å². The number of fused-ring (bicyclic) bond motifs is 1. The number of carbonyl (C=O) groups excluding carboxylic acids is 1. The number of halogens is 4. The number of nitrogens with one attached hydrogen (secondary N) is 1. The van der Waals surface area contributed by atoms with E-state index in [1.165, 1.54) is 41.2 Å². The molecule has 1 atom stereocenters. The van der Waals surface area contributed by atoms with Gasteiger partial charge >= 0.3 is 6.18 Å². The number of ether oxygens (including phenoxy) is 1. The van der Waals surface area contributed by atoms with Gasteiger partial charge in [-0.15, -0.1) is 0 Å². The number of nitriles is 1. The fourth-order valence-electron chi connectivity index (χ4n) is 3.98. The Morgan fingerprint density at radius 3 is 2.77 bits per heavy atom. The van der Waals surface area contributed by atoms with Crippen LogP contribution in [0.1, 0.15) is 46.4 Å². The normalized spacial score (nSPS) is 15.9. The first-order chi connectivity index (χ1) is 16.8. The van der Waals surface area contributed by atoms with E-state index in [0.717, 1.165) is 19.0 Å². The minimum absolute atomic E-state index is 0.00139. The van der Waals surface area contributed by atoms with Crippen molar-refractivity contribution in [2.45, 2.75) is 25.1 Å². The van der Waals surface area contributed by atoms with Crippen molar-refractivity contribution in [3.8, 4) is 11.8 Å². The summed E-state index contributed by atoms with van der Waals surface area (Å²) in [6.45, 7) is 0.593. The van der Waals surface area contributed by atoms with E-state index in [9.17, 15) is 23.2 Å². The fourth-order valence-corrected chi connectivity index (χ4v) is 4.27. The van der Waals surface area contributed by atoms with Crippen molar-refractivity contribution in [1.29, 1.82) is 5.26 Å². The summed E-state index contributed by atoms with van der Waals surface area (Å²) in [6.07, 6.45) is -0.0549. The SMILES string of the molecule is N#Cc1ccc(-n2ncc(C(=O)Nc3cnc([C@H]4CCCO4)c(Cl)c3)c2C(F)(F)F)c2ccnn12. The van der Waals surface area contributed by atoms with Crippen LogP contribution in [-0.2, 0) is 10.9 Å². The summed E-state index contributed by atoms with van der Waals surface area (Å²) in [5.41, 5.74) is -1.00. The smallest absolute Gasteiger partial charge is 0.372 e. The lowest BCUT2D eigenvalue weighted by atomic mass is 10.1. The molecular weight excluding hydrogens is 487 g/mol. The summed E-state index contributed by atoms with van der Waals surface area (Å²) >= 11 is 6.27. The van der Waals surface area contributed by atoms with Gasteiger partial charge in [0.2, 0.25) is 0 Å². The summed E-state index contributed by atoms with van der Waals surface area (Å²) in [7, 11) is 0. The molecule has 1 aliphatic heterocycles. The van der Waals surface area contributed by atoms with Gasteiger partial charge in [-0.25, -0.2) is 9.20 Å². The summed E-state index contributed by atoms with van der Waals surface area (Å²) in [5, 5.41) is 19.7. The highest BCUT2D eigenvalue weighted by atomic mass is 35.5. The van der Waals surface area contributed by atoms with Gasteiger partial charge in [0, 0.05) is 6.61 Å². The number of alkyl halides is 3. The number of anilines is 1. The maximum Gasteiger partial charge on any atom is 0.434 e. The van der Waals surface area contributed by atoms with Gasteiger partial charge < -0.3 is 10.1 Å². The number of aromatic nitrogens is 5. The third-order valence-electron chi connectivity index (χ3n) is 5.52. The Morgan fingerprint density at radius 2 is 2.09 bits per heavy atom. The average molecular weight is 502 g/mol. The summed E-state index contributed by atoms with van der Waals surface area (Å²) in [5.74, 6) is -1.04. The Hall–Kier alpha value is -3.95. The topological polar surface area (TPSA) is 110 Å². The van der Waals surface area contributed by atoms with E-state index in [-0.39, 0.29) is 33.7 Å². The van der Waals surface area contributed by atoms with Gasteiger partial charge in [-0.05, 0) is 37.1 Å². The van der Waals surface area contributed by atoms with Crippen LogP contribution in [0.25, 0.3) is 11.2 Å². The zero-order valence-corrected chi connectivity index (χ0v) is 18.5. The second kappa shape index (κ2) is 8.68. The lowest BCUT2D eigenvalue weighted by Gasteiger charge is -2.14. The second-order valence-electron chi connectivity index (χ2n) is 7.71. The van der Waals surface area contributed by atoms with E-state index >= 15 is 0 Å². The van der Waals surface area contributed by atoms with E-state index in [1.54, 1.807) is 0 Å². The Bertz CT molecular complexity index is 1480. The van der Waals surface area contributed by atoms with Crippen LogP contribution in [0.15, 0.2) is 42.9 Å². The maximum atomic E-state index is 14.1. The Kier molecular flexibility index (Phi) is 5.66. The van der Waals surface area contributed by atoms with Gasteiger partial charge in [0.25, 0.3) is 5.91 Å². The molecule has 0 radical (unpaired) electrons. The molecule has 4 aromatic rings. The molecular formula is C22H15ClF3N7O2. The largest absolute Gasteiger partial charge is 0.434 e. The number of rotatable bonds is 4. The van der Waals surface area contributed by atoms with Crippen molar-refractivity contribution in [2.24, 2.45) is 0 Å². The minimum Gasteiger partial charge on any atom is -0.372 e. The molecule has 0 unspecified atom stereocenters. The number of nitrogens with zero attached hydrogens (tertiary/aromatic N) is 6. The van der Waals surface area contributed by atoms with E-state index in [0.29, 0.717) is 17.0 Å². The van der Waals surface area contributed by atoms with Crippen LogP contribution >= 0.6 is 11.6 Å². The molecule has 9 nitrogen and oxygen atoms in total. The van der Waals surface area contributed by atoms with Crippen LogP contribution in [0.4, 0.5) is 18.9 Å². The van der Waals surface area contributed by atoms with Gasteiger partial charge in [-0.2, -0.15) is 28.6 Å². The van der Waals surface area contributed by atoms with E-state index < -0.39 is 23.3 Å². The average Bonchev–Trinajstić information content (AvgIpc) is 3.58. The number of hydrogen-bond donors (Lipinski definition) is 1. The third kappa shape index (κ3) is 4.09. The van der Waals surface area contributed by atoms with Crippen LogP contribution in [-0.4, -0.2) is 36.9 Å². The van der Waals surface area contributed by atoms with Crippen molar-refractivity contribution in [3.63, 3.8) is 0 Å². The first-order valence-electron chi connectivity index (χ1n) is 10.4. The van der Waals surface area contributed by atoms with Crippen molar-refractivity contribution in [3.05, 3.63) is 70.5 Å². The lowest BCUT2D eigenvalue weighted by molar-refractivity contribution is -0.143. The predicted octanol–water partition coefficient (Wildman–Crippen LogP) is 4.56. The van der Waals surface area contributed by atoms with Crippen molar-refractivity contribution in [2.75, 3.05) is 11.9 Å². The first-order valence-corrected chi connectivity index (χ1v) is 10.8. The van der Waals surface area contributed by atoms with Gasteiger partial charge in [0.15, 0.2) is 5.69 Å². The van der Waals surface area contributed by atoms with Crippen molar-refractivity contribution >= 4 is 28.7 Å². The molecule has 1 amide bonds. The highest BCUT2D eigenvalue weighted by Gasteiger charge is 2.41. The summed E-state index contributed by atoms with van der Waals surface area (Å²) < 4.78 is 49.7. The highest BCUT2D eigenvalue weighted by Crippen LogP contribution is 2.36. The molecule has 0 spiro atoms. The molecule has 4 aromatic heterocycles. The van der Waals surface area contributed by atoms with Crippen molar-refractivity contribution < 1.29 is 22.7 Å². The molecule has 5 heterocycles. The molecule has 178 valence electrons. The monoisotopic (exact) mass is 501 g/mol. The van der Waals surface area contributed by atoms with Crippen LogP contribution in [0.2, 0.25) is 5.02 Å². The van der Waals surface area contributed by atoms with Crippen LogP contribution in [0, 0.1) is 11.3 Å². The molecule has 0 bridgehead atoms. The van der Waals surface area contributed by atoms with E-state index in [2.05, 4.69) is 20.5 Å². The molecule has 0 aliphatic carbocycles. The number of hydrogen-bond acceptors (Lipinski definition) is 6. The van der Waals surface area contributed by atoms with E-state index in [4.69, 9.17) is 16.3 Å². The fraction of sp³-hybridized carbons (Fsp3) is 0.227. The maximum absolute atomic E-state index is 14.1. The first kappa shape index (κ1) is 22.8. The quantitative estimate of drug-likeness (QED) is 0.439. The Morgan fingerprint density at radius 1 is 1.26 bits per heavy atom. The predicted molar refractivity (Wildman–Crippen MR) is 117 cm³/mol. The Labute approximate surface area is 200 Å². The second-order valence-corrected chi connectivity index (χ2v) is 8.11.